The predicted molar refractivity (Wildman–Crippen MR) is 51.2 cm³/mol. The van der Waals surface area contributed by atoms with E-state index in [-0.39, 0.29) is 6.10 Å². The van der Waals surface area contributed by atoms with Gasteiger partial charge in [-0.25, -0.2) is 0 Å². The van der Waals surface area contributed by atoms with E-state index in [0.717, 1.165) is 0 Å². The molecule has 4 atom stereocenters. The second-order valence-corrected chi connectivity index (χ2v) is 3.52. The van der Waals surface area contributed by atoms with E-state index < -0.39 is 31.0 Å². The number of aliphatic hydroxyl groups is 4. The van der Waals surface area contributed by atoms with Crippen LogP contribution in [0.2, 0.25) is 0 Å². The Morgan fingerprint density at radius 3 is 2.07 bits per heavy atom. The zero-order chi connectivity index (χ0) is 12.0. The minimum Gasteiger partial charge on any atom is -0.394 e. The summed E-state index contributed by atoms with van der Waals surface area (Å²) < 4.78 is 5.01. The molecule has 0 saturated heterocycles. The van der Waals surface area contributed by atoms with Crippen LogP contribution in [0.15, 0.2) is 0 Å². The van der Waals surface area contributed by atoms with Gasteiger partial charge in [0.05, 0.1) is 12.7 Å². The van der Waals surface area contributed by atoms with Gasteiger partial charge in [0.25, 0.3) is 0 Å². The van der Waals surface area contributed by atoms with Crippen molar-refractivity contribution in [3.8, 4) is 0 Å². The molecule has 6 nitrogen and oxygen atoms in total. The highest BCUT2D eigenvalue weighted by Gasteiger charge is 2.31. The molecule has 0 bridgehead atoms. The quantitative estimate of drug-likeness (QED) is 0.373. The molecular weight excluding hydrogens is 204 g/mol. The normalized spacial score (nSPS) is 19.7. The molecule has 0 saturated carbocycles. The number of aliphatic hydroxyl groups excluding tert-OH is 4. The van der Waals surface area contributed by atoms with Crippen molar-refractivity contribution >= 4 is 6.29 Å². The van der Waals surface area contributed by atoms with E-state index in [1.54, 1.807) is 13.8 Å². The van der Waals surface area contributed by atoms with Crippen molar-refractivity contribution in [3.05, 3.63) is 0 Å². The third-order valence-corrected chi connectivity index (χ3v) is 1.83. The number of rotatable bonds is 7. The maximum Gasteiger partial charge on any atom is 0.151 e. The van der Waals surface area contributed by atoms with Gasteiger partial charge in [0, 0.05) is 0 Å². The molecular formula is C9H18O6. The monoisotopic (exact) mass is 222 g/mol. The molecule has 90 valence electrons. The summed E-state index contributed by atoms with van der Waals surface area (Å²) >= 11 is 0. The largest absolute Gasteiger partial charge is 0.394 e. The van der Waals surface area contributed by atoms with Gasteiger partial charge in [-0.05, 0) is 13.8 Å². The van der Waals surface area contributed by atoms with Crippen LogP contribution in [0.1, 0.15) is 13.8 Å². The first kappa shape index (κ1) is 14.5. The standard InChI is InChI=1S/C9H18O6/c1-5(2)15-7(4-11)9(14)8(13)6(12)3-10/h4-10,12-14H,3H2,1-2H3/t6-,7+,8+,9-/m1/s1. The van der Waals surface area contributed by atoms with Crippen molar-refractivity contribution in [2.75, 3.05) is 6.61 Å². The van der Waals surface area contributed by atoms with Crippen LogP contribution >= 0.6 is 0 Å². The van der Waals surface area contributed by atoms with Crippen molar-refractivity contribution < 1.29 is 30.0 Å². The first-order valence-electron chi connectivity index (χ1n) is 4.69. The molecule has 0 aliphatic carbocycles. The molecule has 0 heterocycles. The third kappa shape index (κ3) is 4.67. The summed E-state index contributed by atoms with van der Waals surface area (Å²) in [4.78, 5) is 10.6. The second-order valence-electron chi connectivity index (χ2n) is 3.52. The molecule has 4 N–H and O–H groups in total. The molecule has 6 heteroatoms. The summed E-state index contributed by atoms with van der Waals surface area (Å²) in [5.74, 6) is 0. The van der Waals surface area contributed by atoms with E-state index >= 15 is 0 Å². The van der Waals surface area contributed by atoms with E-state index in [9.17, 15) is 15.0 Å². The molecule has 0 aromatic carbocycles. The minimum atomic E-state index is -1.62. The molecule has 0 rings (SSSR count). The van der Waals surface area contributed by atoms with Crippen molar-refractivity contribution in [3.63, 3.8) is 0 Å². The van der Waals surface area contributed by atoms with Gasteiger partial charge < -0.3 is 30.0 Å². The van der Waals surface area contributed by atoms with Crippen molar-refractivity contribution in [1.82, 2.24) is 0 Å². The van der Waals surface area contributed by atoms with E-state index in [2.05, 4.69) is 0 Å². The van der Waals surface area contributed by atoms with Crippen molar-refractivity contribution in [2.45, 2.75) is 44.4 Å². The van der Waals surface area contributed by atoms with Gasteiger partial charge in [-0.2, -0.15) is 0 Å². The van der Waals surface area contributed by atoms with Crippen LogP contribution in [-0.2, 0) is 9.53 Å². The Kier molecular flexibility index (Phi) is 6.62. The van der Waals surface area contributed by atoms with Gasteiger partial charge in [-0.3, -0.25) is 0 Å². The lowest BCUT2D eigenvalue weighted by atomic mass is 10.0. The molecule has 15 heavy (non-hydrogen) atoms. The van der Waals surface area contributed by atoms with Gasteiger partial charge in [0.15, 0.2) is 6.29 Å². The lowest BCUT2D eigenvalue weighted by molar-refractivity contribution is -0.152. The summed E-state index contributed by atoms with van der Waals surface area (Å²) in [6, 6.07) is 0. The van der Waals surface area contributed by atoms with E-state index in [1.165, 1.54) is 0 Å². The number of hydrogen-bond donors (Lipinski definition) is 4. The van der Waals surface area contributed by atoms with E-state index in [0.29, 0.717) is 6.29 Å². The fourth-order valence-electron chi connectivity index (χ4n) is 1.04. The van der Waals surface area contributed by atoms with Crippen LogP contribution in [0.5, 0.6) is 0 Å². The lowest BCUT2D eigenvalue weighted by Crippen LogP contribution is -2.48. The molecule has 0 fully saturated rings. The SMILES string of the molecule is CC(C)O[C@@H](C=O)[C@@H](O)[C@@H](O)[C@H](O)CO. The molecule has 0 aromatic rings. The van der Waals surface area contributed by atoms with Gasteiger partial charge in [-0.15, -0.1) is 0 Å². The smallest absolute Gasteiger partial charge is 0.151 e. The van der Waals surface area contributed by atoms with E-state index in [4.69, 9.17) is 14.9 Å². The average Bonchev–Trinajstić information content (AvgIpc) is 2.22. The zero-order valence-electron chi connectivity index (χ0n) is 8.78. The topological polar surface area (TPSA) is 107 Å². The van der Waals surface area contributed by atoms with Crippen molar-refractivity contribution in [1.29, 1.82) is 0 Å². The number of carbonyl (C=O) groups is 1. The van der Waals surface area contributed by atoms with Gasteiger partial charge in [-0.1, -0.05) is 0 Å². The van der Waals surface area contributed by atoms with Crippen molar-refractivity contribution in [2.24, 2.45) is 0 Å². The molecule has 0 spiro atoms. The van der Waals surface area contributed by atoms with Gasteiger partial charge in [0.2, 0.25) is 0 Å². The van der Waals surface area contributed by atoms with Gasteiger partial charge in [0.1, 0.15) is 24.4 Å². The first-order chi connectivity index (χ1) is 6.93. The average molecular weight is 222 g/mol. The second kappa shape index (κ2) is 6.86. The summed E-state index contributed by atoms with van der Waals surface area (Å²) in [7, 11) is 0. The molecule has 0 aliphatic rings. The Labute approximate surface area is 88.1 Å². The highest BCUT2D eigenvalue weighted by molar-refractivity contribution is 5.57. The van der Waals surface area contributed by atoms with E-state index in [1.807, 2.05) is 0 Å². The van der Waals surface area contributed by atoms with Crippen LogP contribution < -0.4 is 0 Å². The molecule has 0 aliphatic heterocycles. The highest BCUT2D eigenvalue weighted by Crippen LogP contribution is 2.08. The summed E-state index contributed by atoms with van der Waals surface area (Å²) in [5.41, 5.74) is 0. The zero-order valence-corrected chi connectivity index (χ0v) is 8.78. The summed E-state index contributed by atoms with van der Waals surface area (Å²) in [6.07, 6.45) is -5.86. The molecule has 0 radical (unpaired) electrons. The summed E-state index contributed by atoms with van der Waals surface area (Å²) in [5, 5.41) is 36.3. The fourth-order valence-corrected chi connectivity index (χ4v) is 1.04. The Hall–Kier alpha value is -0.530. The number of hydrogen-bond acceptors (Lipinski definition) is 6. The molecule has 0 unspecified atom stereocenters. The Morgan fingerprint density at radius 1 is 1.20 bits per heavy atom. The van der Waals surface area contributed by atoms with Crippen LogP contribution in [0, 0.1) is 0 Å². The Morgan fingerprint density at radius 2 is 1.73 bits per heavy atom. The number of aldehydes is 1. The number of ether oxygens (including phenoxy) is 1. The van der Waals surface area contributed by atoms with Crippen LogP contribution in [0.25, 0.3) is 0 Å². The number of carbonyl (C=O) groups excluding carboxylic acids is 1. The van der Waals surface area contributed by atoms with Crippen LogP contribution in [0.3, 0.4) is 0 Å². The maximum atomic E-state index is 10.6. The first-order valence-corrected chi connectivity index (χ1v) is 4.69. The maximum absolute atomic E-state index is 10.6. The fraction of sp³-hybridized carbons (Fsp3) is 0.889. The van der Waals surface area contributed by atoms with Crippen LogP contribution in [-0.4, -0.2) is 63.8 Å². The molecule has 0 amide bonds. The van der Waals surface area contributed by atoms with Crippen LogP contribution in [0.4, 0.5) is 0 Å². The Balaban J connectivity index is 4.36. The third-order valence-electron chi connectivity index (χ3n) is 1.83. The predicted octanol–water partition coefficient (Wildman–Crippen LogP) is -1.95. The highest BCUT2D eigenvalue weighted by atomic mass is 16.5. The lowest BCUT2D eigenvalue weighted by Gasteiger charge is -2.26. The minimum absolute atomic E-state index is 0.298. The molecule has 0 aromatic heterocycles. The summed E-state index contributed by atoms with van der Waals surface area (Å²) in [6.45, 7) is 2.63. The van der Waals surface area contributed by atoms with Gasteiger partial charge >= 0.3 is 0 Å². The Bertz CT molecular complexity index is 183.